The molecule has 0 spiro atoms. The third-order valence-corrected chi connectivity index (χ3v) is 3.49. The summed E-state index contributed by atoms with van der Waals surface area (Å²) in [7, 11) is 0. The molecule has 0 aliphatic carbocycles. The Hall–Kier alpha value is -2.48. The summed E-state index contributed by atoms with van der Waals surface area (Å²) >= 11 is 0. The van der Waals surface area contributed by atoms with Gasteiger partial charge < -0.3 is 5.11 Å². The van der Waals surface area contributed by atoms with Gasteiger partial charge in [0.05, 0.1) is 17.6 Å². The fourth-order valence-corrected chi connectivity index (χ4v) is 2.23. The van der Waals surface area contributed by atoms with Crippen molar-refractivity contribution in [1.29, 1.82) is 5.26 Å². The largest absolute Gasteiger partial charge is 0.481 e. The molecule has 0 heterocycles. The van der Waals surface area contributed by atoms with Crippen LogP contribution in [0.1, 0.15) is 54.9 Å². The molecule has 0 bridgehead atoms. The van der Waals surface area contributed by atoms with Gasteiger partial charge in [0.2, 0.25) is 0 Å². The van der Waals surface area contributed by atoms with E-state index >= 15 is 0 Å². The van der Waals surface area contributed by atoms with Crippen molar-refractivity contribution in [2.75, 3.05) is 0 Å². The number of hydrogen-bond donors (Lipinski definition) is 1. The predicted octanol–water partition coefficient (Wildman–Crippen LogP) is 2.98. The van der Waals surface area contributed by atoms with Crippen molar-refractivity contribution in [2.24, 2.45) is 5.92 Å². The second kappa shape index (κ2) is 8.73. The van der Waals surface area contributed by atoms with Gasteiger partial charge in [0.25, 0.3) is 0 Å². The Kier molecular flexibility index (Phi) is 6.97. The van der Waals surface area contributed by atoms with Crippen LogP contribution in [-0.2, 0) is 9.59 Å². The molecule has 116 valence electrons. The number of nitriles is 1. The minimum Gasteiger partial charge on any atom is -0.481 e. The van der Waals surface area contributed by atoms with Crippen molar-refractivity contribution < 1.29 is 19.5 Å². The van der Waals surface area contributed by atoms with E-state index in [0.717, 1.165) is 0 Å². The minimum atomic E-state index is -0.836. The lowest BCUT2D eigenvalue weighted by Crippen LogP contribution is -2.22. The Bertz CT molecular complexity index is 584. The Morgan fingerprint density at radius 2 is 1.77 bits per heavy atom. The molecule has 22 heavy (non-hydrogen) atoms. The van der Waals surface area contributed by atoms with Crippen molar-refractivity contribution in [3.63, 3.8) is 0 Å². The first-order chi connectivity index (χ1) is 10.5. The number of carboxylic acids is 1. The van der Waals surface area contributed by atoms with Gasteiger partial charge in [-0.25, -0.2) is 0 Å². The highest BCUT2D eigenvalue weighted by molar-refractivity contribution is 6.10. The molecule has 1 rings (SSSR count). The number of ketones is 2. The van der Waals surface area contributed by atoms with Crippen molar-refractivity contribution in [3.8, 4) is 6.07 Å². The van der Waals surface area contributed by atoms with Crippen LogP contribution in [0.3, 0.4) is 0 Å². The maximum atomic E-state index is 12.4. The molecule has 1 aromatic carbocycles. The molecule has 0 saturated heterocycles. The molecule has 0 fully saturated rings. The Morgan fingerprint density at radius 1 is 1.14 bits per heavy atom. The van der Waals surface area contributed by atoms with Gasteiger partial charge in [0.1, 0.15) is 5.78 Å². The SMILES string of the molecule is CC(=O)C(CCCCCC(=O)O)C(=O)c1ccc(C#N)cc1. The van der Waals surface area contributed by atoms with E-state index in [9.17, 15) is 14.4 Å². The zero-order valence-corrected chi connectivity index (χ0v) is 12.5. The first-order valence-corrected chi connectivity index (χ1v) is 7.22. The summed E-state index contributed by atoms with van der Waals surface area (Å²) in [5, 5.41) is 17.3. The number of carbonyl (C=O) groups excluding carboxylic acids is 2. The average molecular weight is 301 g/mol. The molecular weight excluding hydrogens is 282 g/mol. The first kappa shape index (κ1) is 17.6. The molecule has 1 aromatic rings. The normalized spacial score (nSPS) is 11.5. The Labute approximate surface area is 129 Å². The number of nitrogens with zero attached hydrogens (tertiary/aromatic N) is 1. The zero-order chi connectivity index (χ0) is 16.5. The van der Waals surface area contributed by atoms with Gasteiger partial charge in [-0.15, -0.1) is 0 Å². The number of hydrogen-bond acceptors (Lipinski definition) is 4. The fourth-order valence-electron chi connectivity index (χ4n) is 2.23. The van der Waals surface area contributed by atoms with Crippen molar-refractivity contribution >= 4 is 17.5 Å². The van der Waals surface area contributed by atoms with Gasteiger partial charge in [-0.3, -0.25) is 14.4 Å². The van der Waals surface area contributed by atoms with E-state index in [1.54, 1.807) is 24.3 Å². The summed E-state index contributed by atoms with van der Waals surface area (Å²) in [4.78, 5) is 34.5. The molecule has 1 N–H and O–H groups in total. The van der Waals surface area contributed by atoms with Gasteiger partial charge >= 0.3 is 5.97 Å². The van der Waals surface area contributed by atoms with Crippen molar-refractivity contribution in [2.45, 2.75) is 39.0 Å². The highest BCUT2D eigenvalue weighted by atomic mass is 16.4. The van der Waals surface area contributed by atoms with Crippen LogP contribution in [0.15, 0.2) is 24.3 Å². The summed E-state index contributed by atoms with van der Waals surface area (Å²) in [5.41, 5.74) is 0.884. The highest BCUT2D eigenvalue weighted by Gasteiger charge is 2.23. The van der Waals surface area contributed by atoms with Crippen LogP contribution < -0.4 is 0 Å². The van der Waals surface area contributed by atoms with Crippen LogP contribution in [0, 0.1) is 17.2 Å². The van der Waals surface area contributed by atoms with E-state index in [1.165, 1.54) is 6.92 Å². The van der Waals surface area contributed by atoms with E-state index in [-0.39, 0.29) is 18.0 Å². The quantitative estimate of drug-likeness (QED) is 0.430. The Balaban J connectivity index is 2.61. The topological polar surface area (TPSA) is 95.2 Å². The van der Waals surface area contributed by atoms with Crippen LogP contribution in [-0.4, -0.2) is 22.6 Å². The summed E-state index contributed by atoms with van der Waals surface area (Å²) in [6, 6.07) is 8.20. The number of aliphatic carboxylic acids is 1. The lowest BCUT2D eigenvalue weighted by atomic mass is 9.89. The molecule has 0 radical (unpaired) electrons. The van der Waals surface area contributed by atoms with Gasteiger partial charge in [-0.2, -0.15) is 5.26 Å². The number of Topliss-reactive ketones (excluding diaryl/α,β-unsaturated/α-hetero) is 2. The van der Waals surface area contributed by atoms with E-state index in [4.69, 9.17) is 10.4 Å². The number of unbranched alkanes of at least 4 members (excludes halogenated alkanes) is 2. The molecule has 1 atom stereocenters. The van der Waals surface area contributed by atoms with Crippen LogP contribution in [0.5, 0.6) is 0 Å². The number of benzene rings is 1. The smallest absolute Gasteiger partial charge is 0.303 e. The molecule has 5 heteroatoms. The maximum absolute atomic E-state index is 12.4. The third kappa shape index (κ3) is 5.49. The van der Waals surface area contributed by atoms with Crippen LogP contribution in [0.4, 0.5) is 0 Å². The molecule has 0 aromatic heterocycles. The summed E-state index contributed by atoms with van der Waals surface area (Å²) in [6.07, 6.45) is 2.39. The van der Waals surface area contributed by atoms with Gasteiger partial charge in [-0.1, -0.05) is 25.0 Å². The molecule has 0 aliphatic rings. The van der Waals surface area contributed by atoms with E-state index in [1.807, 2.05) is 6.07 Å². The second-order valence-electron chi connectivity index (χ2n) is 5.21. The summed E-state index contributed by atoms with van der Waals surface area (Å²) in [6.45, 7) is 1.39. The molecule has 5 nitrogen and oxygen atoms in total. The first-order valence-electron chi connectivity index (χ1n) is 7.22. The van der Waals surface area contributed by atoms with Crippen molar-refractivity contribution in [3.05, 3.63) is 35.4 Å². The lowest BCUT2D eigenvalue weighted by Gasteiger charge is -2.12. The maximum Gasteiger partial charge on any atom is 0.303 e. The average Bonchev–Trinajstić information content (AvgIpc) is 2.49. The van der Waals surface area contributed by atoms with Gasteiger partial charge in [-0.05, 0) is 31.9 Å². The molecule has 1 unspecified atom stereocenters. The van der Waals surface area contributed by atoms with Crippen LogP contribution in [0.25, 0.3) is 0 Å². The number of carboxylic acid groups (broad SMARTS) is 1. The highest BCUT2D eigenvalue weighted by Crippen LogP contribution is 2.18. The molecule has 0 saturated carbocycles. The van der Waals surface area contributed by atoms with Gasteiger partial charge in [0, 0.05) is 12.0 Å². The molecule has 0 amide bonds. The number of rotatable bonds is 9. The molecule has 0 aliphatic heterocycles. The van der Waals surface area contributed by atoms with Crippen molar-refractivity contribution in [1.82, 2.24) is 0 Å². The van der Waals surface area contributed by atoms with E-state index in [2.05, 4.69) is 0 Å². The fraction of sp³-hybridized carbons (Fsp3) is 0.412. The van der Waals surface area contributed by atoms with Gasteiger partial charge in [0.15, 0.2) is 5.78 Å². The van der Waals surface area contributed by atoms with Crippen LogP contribution >= 0.6 is 0 Å². The monoisotopic (exact) mass is 301 g/mol. The Morgan fingerprint density at radius 3 is 2.27 bits per heavy atom. The summed E-state index contributed by atoms with van der Waals surface area (Å²) in [5.74, 6) is -1.96. The zero-order valence-electron chi connectivity index (χ0n) is 12.5. The lowest BCUT2D eigenvalue weighted by molar-refractivity contribution is -0.137. The predicted molar refractivity (Wildman–Crippen MR) is 80.4 cm³/mol. The summed E-state index contributed by atoms with van der Waals surface area (Å²) < 4.78 is 0. The molecular formula is C17H19NO4. The third-order valence-electron chi connectivity index (χ3n) is 3.49. The second-order valence-corrected chi connectivity index (χ2v) is 5.21. The minimum absolute atomic E-state index is 0.105. The van der Waals surface area contributed by atoms with E-state index in [0.29, 0.717) is 36.8 Å². The standard InChI is InChI=1S/C17H19NO4/c1-12(19)15(5-3-2-4-6-16(20)21)17(22)14-9-7-13(11-18)8-10-14/h7-10,15H,2-6H2,1H3,(H,20,21). The number of carbonyl (C=O) groups is 3. The van der Waals surface area contributed by atoms with Crippen LogP contribution in [0.2, 0.25) is 0 Å². The van der Waals surface area contributed by atoms with E-state index < -0.39 is 11.9 Å².